The first kappa shape index (κ1) is 7.00. The van der Waals surface area contributed by atoms with Crippen molar-refractivity contribution in [2.45, 2.75) is 0 Å². The zero-order valence-corrected chi connectivity index (χ0v) is 7.21. The molecule has 0 amide bonds. The van der Waals surface area contributed by atoms with Gasteiger partial charge in [-0.15, -0.1) is 22.7 Å². The van der Waals surface area contributed by atoms with Gasteiger partial charge in [-0.1, -0.05) is 6.07 Å². The lowest BCUT2D eigenvalue weighted by molar-refractivity contribution is 0.657. The van der Waals surface area contributed by atoms with Gasteiger partial charge < -0.3 is 0 Å². The summed E-state index contributed by atoms with van der Waals surface area (Å²) >= 11 is 2.77. The van der Waals surface area contributed by atoms with Crippen molar-refractivity contribution in [2.24, 2.45) is 0 Å². The van der Waals surface area contributed by atoms with Crippen LogP contribution in [-0.2, 0) is 0 Å². The zero-order valence-electron chi connectivity index (χ0n) is 5.58. The Hall–Kier alpha value is -0.670. The van der Waals surface area contributed by atoms with Crippen molar-refractivity contribution in [3.8, 4) is 10.4 Å². The average molecular weight is 184 g/mol. The van der Waals surface area contributed by atoms with Gasteiger partial charge in [-0.25, -0.2) is 0 Å². The molecule has 0 spiro atoms. The molecular weight excluding hydrogens is 179 g/mol. The summed E-state index contributed by atoms with van der Waals surface area (Å²) in [4.78, 5) is 1.13. The highest BCUT2D eigenvalue weighted by molar-refractivity contribution is 7.14. The van der Waals surface area contributed by atoms with Gasteiger partial charge in [0.05, 0.1) is 0 Å². The summed E-state index contributed by atoms with van der Waals surface area (Å²) in [6, 6.07) is 5.53. The molecule has 0 aliphatic rings. The lowest BCUT2D eigenvalue weighted by atomic mass is 10.3. The third-order valence-electron chi connectivity index (χ3n) is 1.37. The quantitative estimate of drug-likeness (QED) is 0.635. The Balaban J connectivity index is 2.45. The molecule has 2 heterocycles. The molecule has 0 radical (unpaired) electrons. The fourth-order valence-electron chi connectivity index (χ4n) is 0.882. The Kier molecular flexibility index (Phi) is 1.75. The molecule has 2 aromatic heterocycles. The Labute approximate surface area is 71.9 Å². The van der Waals surface area contributed by atoms with Gasteiger partial charge >= 0.3 is 0 Å². The summed E-state index contributed by atoms with van der Waals surface area (Å²) in [5, 5.41) is 3.71. The summed E-state index contributed by atoms with van der Waals surface area (Å²) in [6.45, 7) is 0. The van der Waals surface area contributed by atoms with Gasteiger partial charge in [0, 0.05) is 15.8 Å². The molecule has 0 N–H and O–H groups in total. The van der Waals surface area contributed by atoms with Crippen LogP contribution in [0.5, 0.6) is 0 Å². The van der Waals surface area contributed by atoms with Crippen molar-refractivity contribution in [3.05, 3.63) is 34.1 Å². The molecule has 0 bridgehead atoms. The van der Waals surface area contributed by atoms with Gasteiger partial charge in [0.1, 0.15) is 0 Å². The highest BCUT2D eigenvalue weighted by Crippen LogP contribution is 2.28. The maximum absolute atomic E-state index is 12.5. The minimum absolute atomic E-state index is 0.117. The summed E-state index contributed by atoms with van der Waals surface area (Å²) in [6.07, 6.45) is 0. The third kappa shape index (κ3) is 1.34. The van der Waals surface area contributed by atoms with Gasteiger partial charge in [0.15, 0.2) is 5.13 Å². The van der Waals surface area contributed by atoms with E-state index in [2.05, 4.69) is 0 Å². The van der Waals surface area contributed by atoms with E-state index in [1.165, 1.54) is 0 Å². The lowest BCUT2D eigenvalue weighted by Crippen LogP contribution is -1.60. The van der Waals surface area contributed by atoms with Crippen LogP contribution in [0.25, 0.3) is 10.4 Å². The number of thiophene rings is 2. The molecule has 2 aromatic rings. The standard InChI is InChI=1S/C8H5FS2/c9-8-4-6(5-11-8)7-2-1-3-10-7/h1-5H. The predicted molar refractivity (Wildman–Crippen MR) is 47.6 cm³/mol. The monoisotopic (exact) mass is 184 g/mol. The number of hydrogen-bond donors (Lipinski definition) is 0. The van der Waals surface area contributed by atoms with Crippen LogP contribution in [0.15, 0.2) is 29.0 Å². The molecule has 0 aliphatic carbocycles. The molecule has 0 saturated carbocycles. The molecule has 0 saturated heterocycles. The molecule has 0 fully saturated rings. The van der Waals surface area contributed by atoms with E-state index in [-0.39, 0.29) is 5.13 Å². The van der Waals surface area contributed by atoms with Crippen molar-refractivity contribution in [3.63, 3.8) is 0 Å². The summed E-state index contributed by atoms with van der Waals surface area (Å²) in [5.41, 5.74) is 0.988. The van der Waals surface area contributed by atoms with Gasteiger partial charge in [-0.05, 0) is 17.5 Å². The van der Waals surface area contributed by atoms with Gasteiger partial charge in [-0.2, -0.15) is 4.39 Å². The molecule has 2 rings (SSSR count). The van der Waals surface area contributed by atoms with E-state index in [1.54, 1.807) is 17.4 Å². The highest BCUT2D eigenvalue weighted by Gasteiger charge is 2.01. The van der Waals surface area contributed by atoms with Crippen molar-refractivity contribution in [1.29, 1.82) is 0 Å². The van der Waals surface area contributed by atoms with Crippen LogP contribution in [-0.4, -0.2) is 0 Å². The second-order valence-corrected chi connectivity index (χ2v) is 3.93. The minimum Gasteiger partial charge on any atom is -0.195 e. The first-order valence-electron chi connectivity index (χ1n) is 3.14. The average Bonchev–Trinajstić information content (AvgIpc) is 2.55. The highest BCUT2D eigenvalue weighted by atomic mass is 32.1. The molecule has 56 valence electrons. The Bertz CT molecular complexity index is 335. The van der Waals surface area contributed by atoms with Crippen LogP contribution in [0.4, 0.5) is 4.39 Å². The second-order valence-electron chi connectivity index (χ2n) is 2.12. The van der Waals surface area contributed by atoms with E-state index in [0.717, 1.165) is 21.8 Å². The molecule has 11 heavy (non-hydrogen) atoms. The van der Waals surface area contributed by atoms with Gasteiger partial charge in [-0.3, -0.25) is 0 Å². The van der Waals surface area contributed by atoms with E-state index in [1.807, 2.05) is 22.9 Å². The molecule has 0 atom stereocenters. The summed E-state index contributed by atoms with van der Waals surface area (Å²) in [7, 11) is 0. The number of halogens is 1. The Morgan fingerprint density at radius 2 is 2.18 bits per heavy atom. The fraction of sp³-hybridized carbons (Fsp3) is 0. The molecule has 0 nitrogen and oxygen atoms in total. The molecule has 3 heteroatoms. The SMILES string of the molecule is Fc1cc(-c2cccs2)cs1. The topological polar surface area (TPSA) is 0 Å². The third-order valence-corrected chi connectivity index (χ3v) is 3.01. The van der Waals surface area contributed by atoms with Crippen LogP contribution >= 0.6 is 22.7 Å². The summed E-state index contributed by atoms with van der Waals surface area (Å²) in [5.74, 6) is 0. The largest absolute Gasteiger partial charge is 0.195 e. The van der Waals surface area contributed by atoms with Crippen LogP contribution in [0.1, 0.15) is 0 Å². The van der Waals surface area contributed by atoms with Crippen molar-refractivity contribution in [1.82, 2.24) is 0 Å². The van der Waals surface area contributed by atoms with Crippen LogP contribution in [0, 0.1) is 5.13 Å². The van der Waals surface area contributed by atoms with Gasteiger partial charge in [0.2, 0.25) is 0 Å². The molecular formula is C8H5FS2. The van der Waals surface area contributed by atoms with Crippen molar-refractivity contribution < 1.29 is 4.39 Å². The lowest BCUT2D eigenvalue weighted by Gasteiger charge is -1.85. The van der Waals surface area contributed by atoms with E-state index in [4.69, 9.17) is 0 Å². The molecule has 0 unspecified atom stereocenters. The number of hydrogen-bond acceptors (Lipinski definition) is 2. The van der Waals surface area contributed by atoms with E-state index < -0.39 is 0 Å². The predicted octanol–water partition coefficient (Wildman–Crippen LogP) is 3.62. The first-order valence-corrected chi connectivity index (χ1v) is 4.90. The Morgan fingerprint density at radius 3 is 2.73 bits per heavy atom. The number of rotatable bonds is 1. The minimum atomic E-state index is -0.117. The first-order chi connectivity index (χ1) is 5.36. The Morgan fingerprint density at radius 1 is 1.27 bits per heavy atom. The maximum atomic E-state index is 12.5. The smallest absolute Gasteiger partial charge is 0.177 e. The van der Waals surface area contributed by atoms with Gasteiger partial charge in [0.25, 0.3) is 0 Å². The fourth-order valence-corrected chi connectivity index (χ4v) is 2.30. The van der Waals surface area contributed by atoms with E-state index >= 15 is 0 Å². The normalized spacial score (nSPS) is 10.3. The van der Waals surface area contributed by atoms with Crippen LogP contribution in [0.3, 0.4) is 0 Å². The van der Waals surface area contributed by atoms with Crippen molar-refractivity contribution in [2.75, 3.05) is 0 Å². The molecule has 0 aromatic carbocycles. The van der Waals surface area contributed by atoms with Crippen LogP contribution < -0.4 is 0 Å². The second kappa shape index (κ2) is 2.75. The van der Waals surface area contributed by atoms with Crippen LogP contribution in [0.2, 0.25) is 0 Å². The van der Waals surface area contributed by atoms with Crippen molar-refractivity contribution >= 4 is 22.7 Å². The van der Waals surface area contributed by atoms with E-state index in [9.17, 15) is 4.39 Å². The summed E-state index contributed by atoms with van der Waals surface area (Å²) < 4.78 is 12.5. The van der Waals surface area contributed by atoms with E-state index in [0.29, 0.717) is 0 Å². The zero-order chi connectivity index (χ0) is 7.68. The maximum Gasteiger partial charge on any atom is 0.177 e. The molecule has 0 aliphatic heterocycles.